The fraction of sp³-hybridized carbons (Fsp3) is 0.188. The smallest absolute Gasteiger partial charge is 0.299 e. The van der Waals surface area contributed by atoms with E-state index in [0.717, 1.165) is 5.56 Å². The van der Waals surface area contributed by atoms with Gasteiger partial charge in [0.2, 0.25) is 5.88 Å². The number of rotatable bonds is 3. The van der Waals surface area contributed by atoms with Gasteiger partial charge in [0.15, 0.2) is 0 Å². The van der Waals surface area contributed by atoms with Crippen molar-refractivity contribution < 1.29 is 14.3 Å². The van der Waals surface area contributed by atoms with Crippen LogP contribution in [0.2, 0.25) is 0 Å². The molecule has 1 aliphatic heterocycles. The standard InChI is InChI=1S/C16H14N2O3/c1-10-5-3-7-12-14(10)18(16(20)15(12)19)9-11-6-4-8-13(17-11)21-2/h3-8H,9H2,1-2H3. The Morgan fingerprint density at radius 3 is 2.67 bits per heavy atom. The van der Waals surface area contributed by atoms with Gasteiger partial charge in [0.25, 0.3) is 11.7 Å². The van der Waals surface area contributed by atoms with Crippen LogP contribution < -0.4 is 9.64 Å². The van der Waals surface area contributed by atoms with Gasteiger partial charge in [-0.05, 0) is 24.6 Å². The minimum atomic E-state index is -0.510. The highest BCUT2D eigenvalue weighted by Crippen LogP contribution is 2.33. The number of nitrogens with zero attached hydrogens (tertiary/aromatic N) is 2. The minimum absolute atomic E-state index is 0.250. The molecule has 3 rings (SSSR count). The summed E-state index contributed by atoms with van der Waals surface area (Å²) in [6.45, 7) is 2.14. The van der Waals surface area contributed by atoms with E-state index in [0.29, 0.717) is 22.8 Å². The number of aromatic nitrogens is 1. The lowest BCUT2D eigenvalue weighted by Gasteiger charge is -2.18. The van der Waals surface area contributed by atoms with Gasteiger partial charge >= 0.3 is 0 Å². The van der Waals surface area contributed by atoms with Crippen LogP contribution in [0.3, 0.4) is 0 Å². The lowest BCUT2D eigenvalue weighted by Crippen LogP contribution is -2.29. The van der Waals surface area contributed by atoms with Gasteiger partial charge < -0.3 is 4.74 Å². The number of para-hydroxylation sites is 1. The van der Waals surface area contributed by atoms with E-state index < -0.39 is 11.7 Å². The van der Waals surface area contributed by atoms with Crippen LogP contribution in [-0.4, -0.2) is 23.8 Å². The van der Waals surface area contributed by atoms with Crippen molar-refractivity contribution in [2.24, 2.45) is 0 Å². The lowest BCUT2D eigenvalue weighted by molar-refractivity contribution is -0.114. The number of benzene rings is 1. The second-order valence-corrected chi connectivity index (χ2v) is 4.86. The summed E-state index contributed by atoms with van der Waals surface area (Å²) in [5.74, 6) is -0.490. The number of pyridine rings is 1. The van der Waals surface area contributed by atoms with E-state index in [9.17, 15) is 9.59 Å². The van der Waals surface area contributed by atoms with Crippen LogP contribution in [0.5, 0.6) is 5.88 Å². The molecule has 0 fully saturated rings. The Hall–Kier alpha value is -2.69. The first-order chi connectivity index (χ1) is 10.1. The van der Waals surface area contributed by atoms with E-state index in [4.69, 9.17) is 4.74 Å². The first-order valence-electron chi connectivity index (χ1n) is 6.57. The number of methoxy groups -OCH3 is 1. The van der Waals surface area contributed by atoms with Crippen LogP contribution in [0.15, 0.2) is 36.4 Å². The van der Waals surface area contributed by atoms with Gasteiger partial charge in [-0.3, -0.25) is 14.5 Å². The van der Waals surface area contributed by atoms with E-state index in [2.05, 4.69) is 4.98 Å². The third-order valence-corrected chi connectivity index (χ3v) is 3.50. The fourth-order valence-corrected chi connectivity index (χ4v) is 2.51. The van der Waals surface area contributed by atoms with Crippen LogP contribution in [0.4, 0.5) is 5.69 Å². The first kappa shape index (κ1) is 13.3. The van der Waals surface area contributed by atoms with Gasteiger partial charge in [-0.15, -0.1) is 0 Å². The molecule has 21 heavy (non-hydrogen) atoms. The van der Waals surface area contributed by atoms with Crippen molar-refractivity contribution >= 4 is 17.4 Å². The Morgan fingerprint density at radius 2 is 1.90 bits per heavy atom. The van der Waals surface area contributed by atoms with E-state index in [-0.39, 0.29) is 6.54 Å². The van der Waals surface area contributed by atoms with Crippen molar-refractivity contribution in [1.29, 1.82) is 0 Å². The maximum Gasteiger partial charge on any atom is 0.299 e. The number of amides is 1. The molecule has 0 unspecified atom stereocenters. The zero-order valence-corrected chi connectivity index (χ0v) is 11.8. The number of ether oxygens (including phenoxy) is 1. The maximum atomic E-state index is 12.2. The molecule has 5 heteroatoms. The van der Waals surface area contributed by atoms with Crippen molar-refractivity contribution in [2.75, 3.05) is 12.0 Å². The Kier molecular flexibility index (Phi) is 3.17. The molecule has 1 aromatic heterocycles. The SMILES string of the molecule is COc1cccc(CN2C(=O)C(=O)c3cccc(C)c32)n1. The molecule has 0 aliphatic carbocycles. The third-order valence-electron chi connectivity index (χ3n) is 3.50. The number of hydrogen-bond donors (Lipinski definition) is 0. The average Bonchev–Trinajstić information content (AvgIpc) is 2.74. The van der Waals surface area contributed by atoms with Gasteiger partial charge in [-0.2, -0.15) is 0 Å². The second-order valence-electron chi connectivity index (χ2n) is 4.86. The molecule has 1 aromatic carbocycles. The number of fused-ring (bicyclic) bond motifs is 1. The third kappa shape index (κ3) is 2.16. The molecule has 0 radical (unpaired) electrons. The van der Waals surface area contributed by atoms with Gasteiger partial charge in [-0.25, -0.2) is 4.98 Å². The van der Waals surface area contributed by atoms with Gasteiger partial charge in [0, 0.05) is 6.07 Å². The molecule has 0 atom stereocenters. The summed E-state index contributed by atoms with van der Waals surface area (Å²) in [6, 6.07) is 10.7. The summed E-state index contributed by atoms with van der Waals surface area (Å²) in [5, 5.41) is 0. The monoisotopic (exact) mass is 282 g/mol. The number of Topliss-reactive ketones (excluding diaryl/α,β-unsaturated/α-hetero) is 1. The Balaban J connectivity index is 2.00. The summed E-state index contributed by atoms with van der Waals surface area (Å²) in [6.07, 6.45) is 0. The molecular weight excluding hydrogens is 268 g/mol. The summed E-state index contributed by atoms with van der Waals surface area (Å²) in [5.41, 5.74) is 2.71. The highest BCUT2D eigenvalue weighted by Gasteiger charge is 2.36. The molecule has 0 saturated carbocycles. The molecule has 1 amide bonds. The Labute approximate surface area is 122 Å². The van der Waals surface area contributed by atoms with Crippen LogP contribution >= 0.6 is 0 Å². The number of anilines is 1. The zero-order valence-electron chi connectivity index (χ0n) is 11.8. The number of hydrogen-bond acceptors (Lipinski definition) is 4. The van der Waals surface area contributed by atoms with Crippen LogP contribution in [0.1, 0.15) is 21.6 Å². The van der Waals surface area contributed by atoms with Crippen molar-refractivity contribution in [3.05, 3.63) is 53.2 Å². The lowest BCUT2D eigenvalue weighted by atomic mass is 10.1. The first-order valence-corrected chi connectivity index (χ1v) is 6.57. The number of carbonyl (C=O) groups excluding carboxylic acids is 2. The Bertz CT molecular complexity index is 740. The molecule has 2 aromatic rings. The quantitative estimate of drug-likeness (QED) is 0.809. The second kappa shape index (κ2) is 5.01. The number of aryl methyl sites for hydroxylation is 1. The van der Waals surface area contributed by atoms with Crippen molar-refractivity contribution in [1.82, 2.24) is 4.98 Å². The normalized spacial score (nSPS) is 13.5. The molecule has 5 nitrogen and oxygen atoms in total. The van der Waals surface area contributed by atoms with Crippen molar-refractivity contribution in [3.8, 4) is 5.88 Å². The van der Waals surface area contributed by atoms with Gasteiger partial charge in [0.05, 0.1) is 30.6 Å². The molecule has 0 N–H and O–H groups in total. The fourth-order valence-electron chi connectivity index (χ4n) is 2.51. The number of carbonyl (C=O) groups is 2. The van der Waals surface area contributed by atoms with E-state index in [1.807, 2.05) is 19.1 Å². The highest BCUT2D eigenvalue weighted by atomic mass is 16.5. The molecule has 0 saturated heterocycles. The van der Waals surface area contributed by atoms with Crippen LogP contribution in [0.25, 0.3) is 0 Å². The highest BCUT2D eigenvalue weighted by molar-refractivity contribution is 6.52. The molecule has 1 aliphatic rings. The van der Waals surface area contributed by atoms with Crippen LogP contribution in [-0.2, 0) is 11.3 Å². The summed E-state index contributed by atoms with van der Waals surface area (Å²) >= 11 is 0. The molecule has 2 heterocycles. The average molecular weight is 282 g/mol. The zero-order chi connectivity index (χ0) is 15.0. The van der Waals surface area contributed by atoms with E-state index in [1.54, 1.807) is 24.3 Å². The topological polar surface area (TPSA) is 59.5 Å². The summed E-state index contributed by atoms with van der Waals surface area (Å²) in [7, 11) is 1.54. The maximum absolute atomic E-state index is 12.2. The predicted molar refractivity (Wildman–Crippen MR) is 77.5 cm³/mol. The molecule has 0 bridgehead atoms. The minimum Gasteiger partial charge on any atom is -0.481 e. The van der Waals surface area contributed by atoms with Gasteiger partial charge in [-0.1, -0.05) is 18.2 Å². The van der Waals surface area contributed by atoms with Crippen LogP contribution in [0, 0.1) is 6.92 Å². The van der Waals surface area contributed by atoms with Crippen molar-refractivity contribution in [3.63, 3.8) is 0 Å². The molecule has 106 valence electrons. The largest absolute Gasteiger partial charge is 0.481 e. The molecule has 0 spiro atoms. The number of ketones is 1. The summed E-state index contributed by atoms with van der Waals surface area (Å²) in [4.78, 5) is 30.0. The Morgan fingerprint density at radius 1 is 1.14 bits per heavy atom. The van der Waals surface area contributed by atoms with Crippen molar-refractivity contribution in [2.45, 2.75) is 13.5 Å². The molecular formula is C16H14N2O3. The van der Waals surface area contributed by atoms with Gasteiger partial charge in [0.1, 0.15) is 0 Å². The summed E-state index contributed by atoms with van der Waals surface area (Å²) < 4.78 is 5.08. The van der Waals surface area contributed by atoms with E-state index >= 15 is 0 Å². The predicted octanol–water partition coefficient (Wildman–Crippen LogP) is 2.13. The van der Waals surface area contributed by atoms with E-state index in [1.165, 1.54) is 12.0 Å².